The van der Waals surface area contributed by atoms with Crippen molar-refractivity contribution in [2.75, 3.05) is 5.32 Å². The van der Waals surface area contributed by atoms with Crippen LogP contribution in [0.3, 0.4) is 0 Å². The molecule has 2 atom stereocenters. The van der Waals surface area contributed by atoms with E-state index in [1.54, 1.807) is 12.1 Å². The summed E-state index contributed by atoms with van der Waals surface area (Å²) in [7, 11) is 0. The van der Waals surface area contributed by atoms with Gasteiger partial charge in [0.2, 0.25) is 0 Å². The first kappa shape index (κ1) is 19.2. The summed E-state index contributed by atoms with van der Waals surface area (Å²) < 4.78 is 18.0. The van der Waals surface area contributed by atoms with Gasteiger partial charge in [-0.05, 0) is 50.2 Å². The highest BCUT2D eigenvalue weighted by Crippen LogP contribution is 2.25. The number of imide groups is 1. The monoisotopic (exact) mass is 384 g/mol. The van der Waals surface area contributed by atoms with Gasteiger partial charge in [0.1, 0.15) is 11.9 Å². The predicted octanol–water partition coefficient (Wildman–Crippen LogP) is 2.38. The Kier molecular flexibility index (Phi) is 5.21. The molecule has 0 fully saturated rings. The van der Waals surface area contributed by atoms with Crippen molar-refractivity contribution >= 4 is 29.4 Å². The van der Waals surface area contributed by atoms with Crippen molar-refractivity contribution in [1.82, 2.24) is 4.90 Å². The molecule has 144 valence electrons. The molecule has 1 aliphatic rings. The number of fused-ring (bicyclic) bond motifs is 1. The number of rotatable bonds is 5. The third-order valence-electron chi connectivity index (χ3n) is 4.33. The van der Waals surface area contributed by atoms with Gasteiger partial charge < -0.3 is 10.1 Å². The maximum Gasteiger partial charge on any atom is 0.329 e. The van der Waals surface area contributed by atoms with Crippen LogP contribution in [-0.4, -0.2) is 40.7 Å². The van der Waals surface area contributed by atoms with Gasteiger partial charge in [0.25, 0.3) is 17.7 Å². The molecule has 0 spiro atoms. The summed E-state index contributed by atoms with van der Waals surface area (Å²) in [5.41, 5.74) is 0.770. The molecule has 3 rings (SSSR count). The zero-order valence-electron chi connectivity index (χ0n) is 15.1. The molecule has 0 saturated heterocycles. The lowest BCUT2D eigenvalue weighted by Crippen LogP contribution is -2.45. The molecule has 0 aliphatic carbocycles. The van der Waals surface area contributed by atoms with Gasteiger partial charge in [-0.25, -0.2) is 9.18 Å². The van der Waals surface area contributed by atoms with E-state index < -0.39 is 41.7 Å². The summed E-state index contributed by atoms with van der Waals surface area (Å²) in [6.07, 6.45) is -1.19. The van der Waals surface area contributed by atoms with Crippen molar-refractivity contribution in [1.29, 1.82) is 0 Å². The Hall–Kier alpha value is -3.55. The number of carbonyl (C=O) groups excluding carboxylic acids is 4. The minimum absolute atomic E-state index is 0.217. The first-order valence-electron chi connectivity index (χ1n) is 8.53. The van der Waals surface area contributed by atoms with Crippen LogP contribution in [-0.2, 0) is 14.3 Å². The van der Waals surface area contributed by atoms with Gasteiger partial charge in [0.15, 0.2) is 6.10 Å². The lowest BCUT2D eigenvalue weighted by atomic mass is 10.1. The van der Waals surface area contributed by atoms with Crippen LogP contribution < -0.4 is 5.32 Å². The van der Waals surface area contributed by atoms with Crippen LogP contribution in [0.15, 0.2) is 48.5 Å². The zero-order valence-corrected chi connectivity index (χ0v) is 15.1. The average Bonchev–Trinajstić information content (AvgIpc) is 2.93. The third-order valence-corrected chi connectivity index (χ3v) is 4.33. The summed E-state index contributed by atoms with van der Waals surface area (Å²) in [5.74, 6) is -3.15. The van der Waals surface area contributed by atoms with Gasteiger partial charge in [-0.3, -0.25) is 19.3 Å². The van der Waals surface area contributed by atoms with E-state index >= 15 is 0 Å². The van der Waals surface area contributed by atoms with Crippen molar-refractivity contribution < 1.29 is 28.3 Å². The quantitative estimate of drug-likeness (QED) is 0.631. The minimum Gasteiger partial charge on any atom is -0.451 e. The van der Waals surface area contributed by atoms with E-state index in [0.717, 1.165) is 4.90 Å². The number of hydrogen-bond acceptors (Lipinski definition) is 5. The fourth-order valence-corrected chi connectivity index (χ4v) is 2.77. The first-order chi connectivity index (χ1) is 13.3. The highest BCUT2D eigenvalue weighted by Gasteiger charge is 2.41. The number of carbonyl (C=O) groups is 4. The van der Waals surface area contributed by atoms with Crippen molar-refractivity contribution in [2.45, 2.75) is 26.0 Å². The van der Waals surface area contributed by atoms with Gasteiger partial charge in [-0.15, -0.1) is 0 Å². The number of halogens is 1. The molecule has 1 heterocycles. The maximum atomic E-state index is 12.9. The topological polar surface area (TPSA) is 92.8 Å². The molecule has 3 amide bonds. The molecule has 2 aromatic carbocycles. The summed E-state index contributed by atoms with van der Waals surface area (Å²) in [6, 6.07) is 10.1. The molecular formula is C20H17FN2O5. The second-order valence-electron chi connectivity index (χ2n) is 6.28. The van der Waals surface area contributed by atoms with E-state index in [2.05, 4.69) is 5.32 Å². The molecule has 8 heteroatoms. The molecule has 7 nitrogen and oxygen atoms in total. The lowest BCUT2D eigenvalue weighted by molar-refractivity contribution is -0.156. The standard InChI is InChI=1S/C20H17FN2O5/c1-11(23-18(25)15-5-3-4-6-16(15)19(23)26)20(27)28-12(2)17(24)22-14-9-7-13(21)8-10-14/h3-12H,1-2H3,(H,22,24). The number of amides is 3. The normalized spacial score (nSPS) is 15.0. The van der Waals surface area contributed by atoms with Crippen molar-refractivity contribution in [3.8, 4) is 0 Å². The second-order valence-corrected chi connectivity index (χ2v) is 6.28. The summed E-state index contributed by atoms with van der Waals surface area (Å²) in [6.45, 7) is 2.71. The van der Waals surface area contributed by atoms with E-state index in [9.17, 15) is 23.6 Å². The SMILES string of the molecule is CC(OC(=O)C(C)N1C(=O)c2ccccc2C1=O)C(=O)Nc1ccc(F)cc1. The summed E-state index contributed by atoms with van der Waals surface area (Å²) in [4.78, 5) is 50.2. The van der Waals surface area contributed by atoms with Gasteiger partial charge >= 0.3 is 5.97 Å². The molecular weight excluding hydrogens is 367 g/mol. The molecule has 0 radical (unpaired) electrons. The van der Waals surface area contributed by atoms with Crippen molar-refractivity contribution in [3.05, 3.63) is 65.5 Å². The largest absolute Gasteiger partial charge is 0.451 e. The van der Waals surface area contributed by atoms with Gasteiger partial charge in [0.05, 0.1) is 11.1 Å². The van der Waals surface area contributed by atoms with Crippen molar-refractivity contribution in [2.24, 2.45) is 0 Å². The van der Waals surface area contributed by atoms with Crippen LogP contribution in [0.25, 0.3) is 0 Å². The zero-order chi connectivity index (χ0) is 20.4. The van der Waals surface area contributed by atoms with Gasteiger partial charge in [0, 0.05) is 5.69 Å². The van der Waals surface area contributed by atoms with E-state index in [0.29, 0.717) is 5.69 Å². The van der Waals surface area contributed by atoms with Crippen LogP contribution >= 0.6 is 0 Å². The number of nitrogens with one attached hydrogen (secondary N) is 1. The molecule has 0 aromatic heterocycles. The molecule has 2 aromatic rings. The van der Waals surface area contributed by atoms with Crippen LogP contribution in [0.5, 0.6) is 0 Å². The number of hydrogen-bond donors (Lipinski definition) is 1. The van der Waals surface area contributed by atoms with Crippen LogP contribution in [0.1, 0.15) is 34.6 Å². The number of esters is 1. The van der Waals surface area contributed by atoms with Crippen LogP contribution in [0, 0.1) is 5.82 Å². The highest BCUT2D eigenvalue weighted by molar-refractivity contribution is 6.22. The van der Waals surface area contributed by atoms with Gasteiger partial charge in [-0.2, -0.15) is 0 Å². The Morgan fingerprint density at radius 1 is 0.964 bits per heavy atom. The van der Waals surface area contributed by atoms with Crippen LogP contribution in [0.4, 0.5) is 10.1 Å². The fraction of sp³-hybridized carbons (Fsp3) is 0.200. The Labute approximate surface area is 160 Å². The molecule has 28 heavy (non-hydrogen) atoms. The van der Waals surface area contributed by atoms with Crippen molar-refractivity contribution in [3.63, 3.8) is 0 Å². The van der Waals surface area contributed by atoms with Gasteiger partial charge in [-0.1, -0.05) is 12.1 Å². The maximum absolute atomic E-state index is 12.9. The summed E-state index contributed by atoms with van der Waals surface area (Å²) >= 11 is 0. The average molecular weight is 384 g/mol. The highest BCUT2D eigenvalue weighted by atomic mass is 19.1. The fourth-order valence-electron chi connectivity index (χ4n) is 2.77. The van der Waals surface area contributed by atoms with E-state index in [-0.39, 0.29) is 11.1 Å². The van der Waals surface area contributed by atoms with E-state index in [1.165, 1.54) is 50.2 Å². The predicted molar refractivity (Wildman–Crippen MR) is 97.0 cm³/mol. The summed E-state index contributed by atoms with van der Waals surface area (Å²) in [5, 5.41) is 2.48. The molecule has 0 saturated carbocycles. The number of benzene rings is 2. The lowest BCUT2D eigenvalue weighted by Gasteiger charge is -2.22. The third kappa shape index (κ3) is 3.62. The van der Waals surface area contributed by atoms with E-state index in [1.807, 2.05) is 0 Å². The Morgan fingerprint density at radius 2 is 1.50 bits per heavy atom. The second kappa shape index (κ2) is 7.59. The molecule has 2 unspecified atom stereocenters. The smallest absolute Gasteiger partial charge is 0.329 e. The number of anilines is 1. The van der Waals surface area contributed by atoms with E-state index in [4.69, 9.17) is 4.74 Å². The Bertz CT molecular complexity index is 922. The Morgan fingerprint density at radius 3 is 2.04 bits per heavy atom. The minimum atomic E-state index is -1.20. The first-order valence-corrected chi connectivity index (χ1v) is 8.53. The number of nitrogens with zero attached hydrogens (tertiary/aromatic N) is 1. The molecule has 1 aliphatic heterocycles. The molecule has 1 N–H and O–H groups in total. The number of ether oxygens (including phenoxy) is 1. The van der Waals surface area contributed by atoms with Crippen LogP contribution in [0.2, 0.25) is 0 Å². The molecule has 0 bridgehead atoms. The Balaban J connectivity index is 1.64.